The molecule has 5 rings (SSSR count). The van der Waals surface area contributed by atoms with Crippen LogP contribution in [-0.2, 0) is 22.7 Å². The van der Waals surface area contributed by atoms with Crippen LogP contribution in [0.15, 0.2) is 24.5 Å². The molecule has 4 heterocycles. The highest BCUT2D eigenvalue weighted by Gasteiger charge is 2.37. The summed E-state index contributed by atoms with van der Waals surface area (Å²) in [7, 11) is 1.71. The number of hydrogen-bond donors (Lipinski definition) is 1. The second-order valence-corrected chi connectivity index (χ2v) is 8.32. The van der Waals surface area contributed by atoms with Gasteiger partial charge in [-0.25, -0.2) is 0 Å². The summed E-state index contributed by atoms with van der Waals surface area (Å²) in [6.07, 6.45) is 4.60. The van der Waals surface area contributed by atoms with Crippen LogP contribution in [-0.4, -0.2) is 56.0 Å². The third-order valence-electron chi connectivity index (χ3n) is 6.03. The van der Waals surface area contributed by atoms with Crippen molar-refractivity contribution in [1.29, 1.82) is 0 Å². The van der Waals surface area contributed by atoms with Gasteiger partial charge in [0.25, 0.3) is 0 Å². The number of benzene rings is 1. The molecule has 150 valence electrons. The number of likely N-dealkylation sites (tertiary alicyclic amines) is 1. The number of amides is 2. The van der Waals surface area contributed by atoms with E-state index in [0.717, 1.165) is 27.7 Å². The van der Waals surface area contributed by atoms with E-state index >= 15 is 0 Å². The lowest BCUT2D eigenvalue weighted by atomic mass is 10.0. The Hall–Kier alpha value is -2.51. The summed E-state index contributed by atoms with van der Waals surface area (Å²) in [5, 5.41) is 8.96. The second-order valence-electron chi connectivity index (χ2n) is 7.54. The number of nitrogens with zero attached hydrogens (tertiary/aromatic N) is 4. The minimum atomic E-state index is -0.381. The first-order chi connectivity index (χ1) is 14.0. The SMILES string of the molecule is CN1C(=O)CCC1C(=O)N1CCn2c(c(-c3cn[nH]c3)c3ccc(Cl)c(Cl)c32)C1. The molecule has 9 heteroatoms. The molecule has 0 saturated carbocycles. The molecule has 1 atom stereocenters. The van der Waals surface area contributed by atoms with Crippen LogP contribution in [0.2, 0.25) is 10.0 Å². The summed E-state index contributed by atoms with van der Waals surface area (Å²) in [6, 6.07) is 3.38. The average molecular weight is 432 g/mol. The number of halogens is 2. The summed E-state index contributed by atoms with van der Waals surface area (Å²) >= 11 is 12.9. The first-order valence-electron chi connectivity index (χ1n) is 9.50. The Labute approximate surface area is 177 Å². The maximum absolute atomic E-state index is 13.2. The van der Waals surface area contributed by atoms with Gasteiger partial charge < -0.3 is 14.4 Å². The van der Waals surface area contributed by atoms with E-state index in [1.54, 1.807) is 24.2 Å². The highest BCUT2D eigenvalue weighted by Crippen LogP contribution is 2.42. The smallest absolute Gasteiger partial charge is 0.245 e. The number of nitrogens with one attached hydrogen (secondary N) is 1. The van der Waals surface area contributed by atoms with Gasteiger partial charge in [-0.2, -0.15) is 5.10 Å². The Bertz CT molecular complexity index is 1140. The third-order valence-corrected chi connectivity index (χ3v) is 6.83. The van der Waals surface area contributed by atoms with Gasteiger partial charge in [0.1, 0.15) is 6.04 Å². The van der Waals surface area contributed by atoms with Gasteiger partial charge in [-0.1, -0.05) is 29.3 Å². The van der Waals surface area contributed by atoms with Crippen molar-refractivity contribution in [2.45, 2.75) is 32.0 Å². The number of hydrogen-bond acceptors (Lipinski definition) is 3. The Morgan fingerprint density at radius 3 is 2.79 bits per heavy atom. The molecule has 0 radical (unpaired) electrons. The molecule has 3 aromatic rings. The zero-order valence-corrected chi connectivity index (χ0v) is 17.3. The quantitative estimate of drug-likeness (QED) is 0.676. The zero-order valence-electron chi connectivity index (χ0n) is 15.8. The lowest BCUT2D eigenvalue weighted by molar-refractivity contribution is -0.141. The van der Waals surface area contributed by atoms with Crippen molar-refractivity contribution in [2.75, 3.05) is 13.6 Å². The molecule has 7 nitrogen and oxygen atoms in total. The molecule has 0 spiro atoms. The molecule has 29 heavy (non-hydrogen) atoms. The minimum Gasteiger partial charge on any atom is -0.339 e. The molecule has 0 aliphatic carbocycles. The lowest BCUT2D eigenvalue weighted by Crippen LogP contribution is -2.47. The molecule has 1 fully saturated rings. The fourth-order valence-electron chi connectivity index (χ4n) is 4.52. The molecular formula is C20H19Cl2N5O2. The number of fused-ring (bicyclic) bond motifs is 3. The van der Waals surface area contributed by atoms with Crippen molar-refractivity contribution in [3.05, 3.63) is 40.3 Å². The van der Waals surface area contributed by atoms with Gasteiger partial charge in [0.15, 0.2) is 0 Å². The summed E-state index contributed by atoms with van der Waals surface area (Å²) in [4.78, 5) is 28.4. The standard InChI is InChI=1S/C20H19Cl2N5O2/c1-25-14(4-5-16(25)28)20(29)26-6-7-27-15(10-26)17(11-8-23-24-9-11)12-2-3-13(21)18(22)19(12)27/h2-3,8-9,14H,4-7,10H2,1H3,(H,23,24). The van der Waals surface area contributed by atoms with Crippen molar-refractivity contribution >= 4 is 45.9 Å². The van der Waals surface area contributed by atoms with Gasteiger partial charge in [-0.15, -0.1) is 0 Å². The van der Waals surface area contributed by atoms with Crippen LogP contribution in [0.25, 0.3) is 22.0 Å². The van der Waals surface area contributed by atoms with Gasteiger partial charge in [0.05, 0.1) is 28.3 Å². The first kappa shape index (κ1) is 18.5. The van der Waals surface area contributed by atoms with Crippen molar-refractivity contribution < 1.29 is 9.59 Å². The van der Waals surface area contributed by atoms with Gasteiger partial charge in [0.2, 0.25) is 11.8 Å². The summed E-state index contributed by atoms with van der Waals surface area (Å²) in [5.74, 6) is 0.0205. The van der Waals surface area contributed by atoms with Crippen molar-refractivity contribution in [1.82, 2.24) is 24.6 Å². The van der Waals surface area contributed by atoms with Gasteiger partial charge in [0, 0.05) is 55.0 Å². The van der Waals surface area contributed by atoms with Crippen molar-refractivity contribution in [3.63, 3.8) is 0 Å². The Morgan fingerprint density at radius 1 is 1.28 bits per heavy atom. The summed E-state index contributed by atoms with van der Waals surface area (Å²) in [6.45, 7) is 1.61. The molecule has 0 bridgehead atoms. The van der Waals surface area contributed by atoms with E-state index in [0.29, 0.717) is 42.5 Å². The molecule has 1 aromatic carbocycles. The summed E-state index contributed by atoms with van der Waals surface area (Å²) < 4.78 is 2.15. The first-order valence-corrected chi connectivity index (χ1v) is 10.3. The van der Waals surface area contributed by atoms with E-state index in [-0.39, 0.29) is 17.9 Å². The Kier molecular flexibility index (Phi) is 4.33. The summed E-state index contributed by atoms with van der Waals surface area (Å²) in [5.41, 5.74) is 3.81. The fourth-order valence-corrected chi connectivity index (χ4v) is 4.94. The highest BCUT2D eigenvalue weighted by molar-refractivity contribution is 6.45. The zero-order chi connectivity index (χ0) is 20.3. The largest absolute Gasteiger partial charge is 0.339 e. The number of likely N-dealkylation sites (N-methyl/N-ethyl adjacent to an activating group) is 1. The maximum atomic E-state index is 13.2. The van der Waals surface area contributed by atoms with Gasteiger partial charge in [-0.3, -0.25) is 14.7 Å². The van der Waals surface area contributed by atoms with Crippen molar-refractivity contribution in [3.8, 4) is 11.1 Å². The molecular weight excluding hydrogens is 413 g/mol. The fraction of sp³-hybridized carbons (Fsp3) is 0.350. The second kappa shape index (κ2) is 6.78. The van der Waals surface area contributed by atoms with E-state index < -0.39 is 0 Å². The molecule has 1 saturated heterocycles. The predicted octanol–water partition coefficient (Wildman–Crippen LogP) is 3.30. The predicted molar refractivity (Wildman–Crippen MR) is 111 cm³/mol. The van der Waals surface area contributed by atoms with Crippen LogP contribution in [0, 0.1) is 0 Å². The van der Waals surface area contributed by atoms with E-state index in [9.17, 15) is 9.59 Å². The molecule has 2 amide bonds. The van der Waals surface area contributed by atoms with Crippen LogP contribution in [0.5, 0.6) is 0 Å². The number of aromatic nitrogens is 3. The third kappa shape index (κ3) is 2.75. The van der Waals surface area contributed by atoms with Crippen LogP contribution < -0.4 is 0 Å². The normalized spacial score (nSPS) is 19.3. The van der Waals surface area contributed by atoms with Crippen LogP contribution in [0.1, 0.15) is 18.5 Å². The van der Waals surface area contributed by atoms with E-state index in [1.165, 1.54) is 0 Å². The Balaban J connectivity index is 1.61. The molecule has 2 aromatic heterocycles. The number of carbonyl (C=O) groups is 2. The molecule has 1 unspecified atom stereocenters. The molecule has 2 aliphatic heterocycles. The number of carbonyl (C=O) groups excluding carboxylic acids is 2. The molecule has 2 aliphatic rings. The highest BCUT2D eigenvalue weighted by atomic mass is 35.5. The van der Waals surface area contributed by atoms with E-state index in [2.05, 4.69) is 14.8 Å². The van der Waals surface area contributed by atoms with Gasteiger partial charge in [-0.05, 0) is 12.5 Å². The van der Waals surface area contributed by atoms with E-state index in [4.69, 9.17) is 23.2 Å². The van der Waals surface area contributed by atoms with Crippen LogP contribution >= 0.6 is 23.2 Å². The number of H-pyrrole nitrogens is 1. The van der Waals surface area contributed by atoms with Crippen LogP contribution in [0.4, 0.5) is 0 Å². The monoisotopic (exact) mass is 431 g/mol. The van der Waals surface area contributed by atoms with Crippen molar-refractivity contribution in [2.24, 2.45) is 0 Å². The topological polar surface area (TPSA) is 74.2 Å². The van der Waals surface area contributed by atoms with Gasteiger partial charge >= 0.3 is 0 Å². The maximum Gasteiger partial charge on any atom is 0.245 e. The Morgan fingerprint density at radius 2 is 2.10 bits per heavy atom. The molecule has 1 N–H and O–H groups in total. The van der Waals surface area contributed by atoms with Crippen LogP contribution in [0.3, 0.4) is 0 Å². The average Bonchev–Trinajstić information content (AvgIpc) is 3.42. The minimum absolute atomic E-state index is 0.00266. The number of aromatic amines is 1. The number of rotatable bonds is 2. The lowest BCUT2D eigenvalue weighted by Gasteiger charge is -2.33. The van der Waals surface area contributed by atoms with E-state index in [1.807, 2.05) is 17.2 Å².